The van der Waals surface area contributed by atoms with Crippen molar-refractivity contribution in [1.82, 2.24) is 9.55 Å². The lowest BCUT2D eigenvalue weighted by atomic mass is 9.84. The van der Waals surface area contributed by atoms with Gasteiger partial charge >= 0.3 is 0 Å². The number of ether oxygens (including phenoxy) is 1. The number of hydrogen-bond acceptors (Lipinski definition) is 5. The van der Waals surface area contributed by atoms with Gasteiger partial charge in [0, 0.05) is 34.6 Å². The van der Waals surface area contributed by atoms with Crippen LogP contribution in [0.3, 0.4) is 0 Å². The molecule has 6 nitrogen and oxygen atoms in total. The fourth-order valence-corrected chi connectivity index (χ4v) is 9.88. The van der Waals surface area contributed by atoms with Gasteiger partial charge in [-0.25, -0.2) is 18.4 Å². The van der Waals surface area contributed by atoms with Gasteiger partial charge < -0.3 is 4.74 Å². The summed E-state index contributed by atoms with van der Waals surface area (Å²) in [5.74, 6) is 0.564. The van der Waals surface area contributed by atoms with E-state index in [1.807, 2.05) is 30.3 Å². The van der Waals surface area contributed by atoms with Crippen molar-refractivity contribution in [2.75, 3.05) is 0 Å². The Morgan fingerprint density at radius 2 is 1.51 bits per heavy atom. The van der Waals surface area contributed by atoms with Crippen LogP contribution < -0.4 is 0 Å². The highest BCUT2D eigenvalue weighted by Crippen LogP contribution is 2.54. The highest BCUT2D eigenvalue weighted by molar-refractivity contribution is 7.91. The zero-order valence-electron chi connectivity index (χ0n) is 34.3. The third kappa shape index (κ3) is 5.75. The molecule has 3 heterocycles. The molecule has 1 aliphatic carbocycles. The molecule has 55 heavy (non-hydrogen) atoms. The molecular formula is C48H53N3O3S. The van der Waals surface area contributed by atoms with E-state index in [1.54, 1.807) is 12.3 Å². The van der Waals surface area contributed by atoms with E-state index in [1.165, 1.54) is 27.8 Å². The van der Waals surface area contributed by atoms with Crippen molar-refractivity contribution in [3.05, 3.63) is 130 Å². The second-order valence-corrected chi connectivity index (χ2v) is 20.6. The van der Waals surface area contributed by atoms with Crippen LogP contribution >= 0.6 is 0 Å². The van der Waals surface area contributed by atoms with Crippen LogP contribution in [0.2, 0.25) is 0 Å². The predicted molar refractivity (Wildman–Crippen MR) is 225 cm³/mol. The van der Waals surface area contributed by atoms with Crippen LogP contribution in [0.1, 0.15) is 120 Å². The number of benzene rings is 4. The van der Waals surface area contributed by atoms with Gasteiger partial charge in [0.25, 0.3) is 0 Å². The number of nitrogens with zero attached hydrogens (tertiary/aromatic N) is 3. The SMILES string of the molecule is Cc1ccc2c(c1C)C[C@]1(C)OC(c3cc(C(C)C)cc(S(=O)(=O)c4cc(-n5c6ccc(C(C)(C)C)cc6c6cccnc65)cc(C(C)(C)C)c4)c3)=N[C@]21C. The van der Waals surface area contributed by atoms with E-state index in [0.717, 1.165) is 45.2 Å². The number of sulfone groups is 1. The van der Waals surface area contributed by atoms with E-state index in [9.17, 15) is 0 Å². The van der Waals surface area contributed by atoms with Crippen LogP contribution in [0.15, 0.2) is 99.8 Å². The summed E-state index contributed by atoms with van der Waals surface area (Å²) in [5.41, 5.74) is 9.75. The lowest BCUT2D eigenvalue weighted by molar-refractivity contribution is 0.0475. The maximum Gasteiger partial charge on any atom is 0.217 e. The molecule has 2 atom stereocenters. The van der Waals surface area contributed by atoms with Gasteiger partial charge in [0.1, 0.15) is 16.8 Å². The first-order valence-electron chi connectivity index (χ1n) is 19.5. The Kier molecular flexibility index (Phi) is 8.20. The number of aromatic nitrogens is 2. The molecule has 2 aromatic heterocycles. The van der Waals surface area contributed by atoms with Crippen molar-refractivity contribution in [2.24, 2.45) is 4.99 Å². The smallest absolute Gasteiger partial charge is 0.217 e. The molecule has 284 valence electrons. The summed E-state index contributed by atoms with van der Waals surface area (Å²) >= 11 is 0. The van der Waals surface area contributed by atoms with Gasteiger partial charge in [-0.15, -0.1) is 0 Å². The average Bonchev–Trinajstić information content (AvgIpc) is 3.67. The van der Waals surface area contributed by atoms with E-state index in [0.29, 0.717) is 11.5 Å². The van der Waals surface area contributed by atoms with Gasteiger partial charge in [0.15, 0.2) is 0 Å². The minimum atomic E-state index is -4.03. The van der Waals surface area contributed by atoms with Crippen molar-refractivity contribution in [3.8, 4) is 5.69 Å². The summed E-state index contributed by atoms with van der Waals surface area (Å²) in [5, 5.41) is 2.12. The van der Waals surface area contributed by atoms with Crippen LogP contribution in [0.5, 0.6) is 0 Å². The molecule has 0 spiro atoms. The van der Waals surface area contributed by atoms with E-state index < -0.39 is 21.0 Å². The van der Waals surface area contributed by atoms with E-state index >= 15 is 8.42 Å². The summed E-state index contributed by atoms with van der Waals surface area (Å²) in [4.78, 5) is 10.6. The first-order valence-corrected chi connectivity index (χ1v) is 21.0. The molecule has 0 unspecified atom stereocenters. The van der Waals surface area contributed by atoms with Gasteiger partial charge in [-0.05, 0) is 144 Å². The molecule has 0 radical (unpaired) electrons. The largest absolute Gasteiger partial charge is 0.468 e. The summed E-state index contributed by atoms with van der Waals surface area (Å²) in [6, 6.07) is 26.4. The number of aryl methyl sites for hydroxylation is 1. The van der Waals surface area contributed by atoms with E-state index in [-0.39, 0.29) is 26.5 Å². The number of fused-ring (bicyclic) bond motifs is 6. The first kappa shape index (κ1) is 37.2. The number of rotatable bonds is 5. The molecule has 2 aliphatic rings. The van der Waals surface area contributed by atoms with Gasteiger partial charge in [-0.2, -0.15) is 0 Å². The highest BCUT2D eigenvalue weighted by atomic mass is 32.2. The number of hydrogen-bond donors (Lipinski definition) is 0. The topological polar surface area (TPSA) is 73.6 Å². The molecular weight excluding hydrogens is 699 g/mol. The summed E-state index contributed by atoms with van der Waals surface area (Å²) < 4.78 is 39.2. The molecule has 7 heteroatoms. The molecule has 0 amide bonds. The van der Waals surface area contributed by atoms with E-state index in [2.05, 4.69) is 130 Å². The van der Waals surface area contributed by atoms with Gasteiger partial charge in [-0.1, -0.05) is 73.6 Å². The summed E-state index contributed by atoms with van der Waals surface area (Å²) in [6.07, 6.45) is 2.54. The minimum Gasteiger partial charge on any atom is -0.468 e. The lowest BCUT2D eigenvalue weighted by Crippen LogP contribution is -2.41. The maximum atomic E-state index is 15.1. The van der Waals surface area contributed by atoms with Crippen molar-refractivity contribution >= 4 is 37.7 Å². The molecule has 0 saturated heterocycles. The van der Waals surface area contributed by atoms with Gasteiger partial charge in [-0.3, -0.25) is 4.57 Å². The van der Waals surface area contributed by atoms with Gasteiger partial charge in [0.05, 0.1) is 15.3 Å². The standard InChI is InChI=1S/C48H53N3O3S/c1-28(2)31-20-32(44-50-48(12)41-17-15-29(3)30(4)40(41)27-47(48,11)54-44)22-36(21-31)55(52,53)37-24-34(46(8,9)10)23-35(26-37)51-42-18-16-33(45(5,6)7)25-39(42)38-14-13-19-49-43(38)51/h13-26,28H,27H2,1-12H3/t47-,48+/m0/s1. The third-order valence-electron chi connectivity index (χ3n) is 12.5. The van der Waals surface area contributed by atoms with Crippen LogP contribution in [0.25, 0.3) is 27.6 Å². The first-order chi connectivity index (χ1) is 25.6. The normalized spacial score (nSPS) is 19.9. The van der Waals surface area contributed by atoms with E-state index in [4.69, 9.17) is 14.7 Å². The fraction of sp³-hybridized carbons (Fsp3) is 0.375. The fourth-order valence-electron chi connectivity index (χ4n) is 8.47. The molecule has 0 N–H and O–H groups in total. The number of aliphatic imine (C=N–C) groups is 1. The Hall–Kier alpha value is -4.75. The Morgan fingerprint density at radius 1 is 0.800 bits per heavy atom. The monoisotopic (exact) mass is 751 g/mol. The molecule has 6 aromatic rings. The van der Waals surface area contributed by atoms with Crippen LogP contribution in [0, 0.1) is 13.8 Å². The molecule has 4 aromatic carbocycles. The van der Waals surface area contributed by atoms with Crippen LogP contribution in [-0.2, 0) is 37.4 Å². The quantitative estimate of drug-likeness (QED) is 0.176. The summed E-state index contributed by atoms with van der Waals surface area (Å²) in [6.45, 7) is 25.8. The zero-order valence-corrected chi connectivity index (χ0v) is 35.2. The van der Waals surface area contributed by atoms with Crippen molar-refractivity contribution in [2.45, 2.75) is 127 Å². The Balaban J connectivity index is 1.30. The van der Waals surface area contributed by atoms with Crippen molar-refractivity contribution in [1.29, 1.82) is 0 Å². The third-order valence-corrected chi connectivity index (χ3v) is 14.2. The molecule has 8 rings (SSSR count). The second kappa shape index (κ2) is 12.1. The summed E-state index contributed by atoms with van der Waals surface area (Å²) in [7, 11) is -4.03. The predicted octanol–water partition coefficient (Wildman–Crippen LogP) is 11.4. The zero-order chi connectivity index (χ0) is 39.6. The number of pyridine rings is 1. The Morgan fingerprint density at radius 3 is 2.20 bits per heavy atom. The van der Waals surface area contributed by atoms with Crippen LogP contribution in [0.4, 0.5) is 0 Å². The average molecular weight is 752 g/mol. The highest BCUT2D eigenvalue weighted by Gasteiger charge is 2.59. The van der Waals surface area contributed by atoms with Crippen molar-refractivity contribution in [3.63, 3.8) is 0 Å². The minimum absolute atomic E-state index is 0.0342. The molecule has 0 bridgehead atoms. The van der Waals surface area contributed by atoms with Gasteiger partial charge in [0.2, 0.25) is 15.7 Å². The molecule has 0 fully saturated rings. The Labute approximate surface area is 326 Å². The maximum absolute atomic E-state index is 15.1. The lowest BCUT2D eigenvalue weighted by Gasteiger charge is -2.31. The Bertz CT molecular complexity index is 2720. The van der Waals surface area contributed by atoms with Crippen molar-refractivity contribution < 1.29 is 13.2 Å². The van der Waals surface area contributed by atoms with Crippen LogP contribution in [-0.4, -0.2) is 29.5 Å². The second-order valence-electron chi connectivity index (χ2n) is 18.6. The molecule has 0 saturated carbocycles. The molecule has 1 aliphatic heterocycles.